The minimum atomic E-state index is -2.38. The Morgan fingerprint density at radius 1 is 1.46 bits per heavy atom. The third-order valence-electron chi connectivity index (χ3n) is 1.48. The van der Waals surface area contributed by atoms with Crippen LogP contribution in [-0.2, 0) is 0 Å². The molecule has 1 N–H and O–H groups in total. The van der Waals surface area contributed by atoms with Gasteiger partial charge in [0, 0.05) is 10.7 Å². The van der Waals surface area contributed by atoms with E-state index in [0.717, 1.165) is 4.47 Å². The van der Waals surface area contributed by atoms with Crippen LogP contribution in [-0.4, -0.2) is 17.5 Å². The SMILES string of the molecule is CC(Nc1cncc(Br)c1)C(F)F. The Hall–Kier alpha value is -0.710. The van der Waals surface area contributed by atoms with E-state index in [4.69, 9.17) is 0 Å². The molecule has 0 aliphatic carbocycles. The van der Waals surface area contributed by atoms with Crippen molar-refractivity contribution < 1.29 is 8.78 Å². The number of alkyl halides is 2. The first-order chi connectivity index (χ1) is 6.09. The Kier molecular flexibility index (Phi) is 3.59. The van der Waals surface area contributed by atoms with Gasteiger partial charge in [0.05, 0.1) is 17.9 Å². The number of pyridine rings is 1. The van der Waals surface area contributed by atoms with Crippen molar-refractivity contribution in [3.05, 3.63) is 22.9 Å². The number of nitrogens with zero attached hydrogens (tertiary/aromatic N) is 1. The van der Waals surface area contributed by atoms with E-state index >= 15 is 0 Å². The van der Waals surface area contributed by atoms with Crippen LogP contribution in [0, 0.1) is 0 Å². The topological polar surface area (TPSA) is 24.9 Å². The average Bonchev–Trinajstić information content (AvgIpc) is 2.04. The molecule has 0 spiro atoms. The first-order valence-electron chi connectivity index (χ1n) is 3.75. The largest absolute Gasteiger partial charge is 0.376 e. The standard InChI is InChI=1S/C8H9BrF2N2/c1-5(8(10)11)13-7-2-6(9)3-12-4-7/h2-5,8,13H,1H3. The zero-order chi connectivity index (χ0) is 9.84. The first kappa shape index (κ1) is 10.4. The van der Waals surface area contributed by atoms with Crippen molar-refractivity contribution in [1.82, 2.24) is 4.98 Å². The summed E-state index contributed by atoms with van der Waals surface area (Å²) in [5.74, 6) is 0. The van der Waals surface area contributed by atoms with Crippen LogP contribution in [0.25, 0.3) is 0 Å². The van der Waals surface area contributed by atoms with Gasteiger partial charge < -0.3 is 5.32 Å². The highest BCUT2D eigenvalue weighted by atomic mass is 79.9. The zero-order valence-electron chi connectivity index (χ0n) is 6.97. The molecule has 1 aromatic rings. The summed E-state index contributed by atoms with van der Waals surface area (Å²) in [6.07, 6.45) is 0.723. The van der Waals surface area contributed by atoms with Crippen molar-refractivity contribution >= 4 is 21.6 Å². The fraction of sp³-hybridized carbons (Fsp3) is 0.375. The summed E-state index contributed by atoms with van der Waals surface area (Å²) in [5.41, 5.74) is 0.585. The van der Waals surface area contributed by atoms with E-state index in [9.17, 15) is 8.78 Å². The summed E-state index contributed by atoms with van der Waals surface area (Å²) < 4.78 is 25.0. The molecular weight excluding hydrogens is 242 g/mol. The number of anilines is 1. The molecule has 0 aliphatic rings. The van der Waals surface area contributed by atoms with Gasteiger partial charge in [-0.05, 0) is 28.9 Å². The number of halogens is 3. The highest BCUT2D eigenvalue weighted by molar-refractivity contribution is 9.10. The quantitative estimate of drug-likeness (QED) is 0.893. The second kappa shape index (κ2) is 4.50. The Balaban J connectivity index is 2.64. The summed E-state index contributed by atoms with van der Waals surface area (Å²) in [6, 6.07) is 0.836. The van der Waals surface area contributed by atoms with E-state index in [1.54, 1.807) is 12.3 Å². The molecule has 0 bridgehead atoms. The molecule has 0 saturated carbocycles. The van der Waals surface area contributed by atoms with Crippen molar-refractivity contribution in [3.63, 3.8) is 0 Å². The van der Waals surface area contributed by atoms with E-state index in [2.05, 4.69) is 26.2 Å². The lowest BCUT2D eigenvalue weighted by atomic mass is 10.3. The zero-order valence-corrected chi connectivity index (χ0v) is 8.55. The summed E-state index contributed by atoms with van der Waals surface area (Å²) in [4.78, 5) is 3.84. The second-order valence-electron chi connectivity index (χ2n) is 2.66. The normalized spacial score (nSPS) is 13.0. The summed E-state index contributed by atoms with van der Waals surface area (Å²) in [6.45, 7) is 1.42. The van der Waals surface area contributed by atoms with Gasteiger partial charge in [-0.2, -0.15) is 0 Å². The van der Waals surface area contributed by atoms with Crippen molar-refractivity contribution in [2.75, 3.05) is 5.32 Å². The lowest BCUT2D eigenvalue weighted by Crippen LogP contribution is -2.23. The Morgan fingerprint density at radius 3 is 2.69 bits per heavy atom. The van der Waals surface area contributed by atoms with Crippen LogP contribution in [0.2, 0.25) is 0 Å². The van der Waals surface area contributed by atoms with Crippen LogP contribution in [0.15, 0.2) is 22.9 Å². The monoisotopic (exact) mass is 250 g/mol. The molecule has 1 atom stereocenters. The molecule has 1 rings (SSSR count). The number of nitrogens with one attached hydrogen (secondary N) is 1. The predicted octanol–water partition coefficient (Wildman–Crippen LogP) is 2.91. The third kappa shape index (κ3) is 3.26. The minimum absolute atomic E-state index is 0.585. The molecule has 13 heavy (non-hydrogen) atoms. The van der Waals surface area contributed by atoms with E-state index in [1.165, 1.54) is 13.1 Å². The Labute approximate surface area is 83.5 Å². The van der Waals surface area contributed by atoms with Crippen LogP contribution in [0.5, 0.6) is 0 Å². The lowest BCUT2D eigenvalue weighted by molar-refractivity contribution is 0.130. The predicted molar refractivity (Wildman–Crippen MR) is 51.0 cm³/mol. The maximum atomic E-state index is 12.1. The molecule has 0 aromatic carbocycles. The number of rotatable bonds is 3. The summed E-state index contributed by atoms with van der Waals surface area (Å²) >= 11 is 3.20. The molecule has 72 valence electrons. The average molecular weight is 251 g/mol. The smallest absolute Gasteiger partial charge is 0.258 e. The maximum Gasteiger partial charge on any atom is 0.258 e. The van der Waals surface area contributed by atoms with E-state index in [1.807, 2.05) is 0 Å². The highest BCUT2D eigenvalue weighted by Crippen LogP contribution is 2.15. The number of aromatic nitrogens is 1. The lowest BCUT2D eigenvalue weighted by Gasteiger charge is -2.13. The Morgan fingerprint density at radius 2 is 2.15 bits per heavy atom. The minimum Gasteiger partial charge on any atom is -0.376 e. The van der Waals surface area contributed by atoms with E-state index < -0.39 is 12.5 Å². The van der Waals surface area contributed by atoms with E-state index in [0.29, 0.717) is 5.69 Å². The van der Waals surface area contributed by atoms with Crippen LogP contribution in [0.1, 0.15) is 6.92 Å². The molecule has 0 saturated heterocycles. The van der Waals surface area contributed by atoms with Gasteiger partial charge in [-0.25, -0.2) is 8.78 Å². The molecule has 1 aromatic heterocycles. The van der Waals surface area contributed by atoms with Gasteiger partial charge >= 0.3 is 0 Å². The van der Waals surface area contributed by atoms with Crippen LogP contribution < -0.4 is 5.32 Å². The molecule has 0 amide bonds. The van der Waals surface area contributed by atoms with Gasteiger partial charge in [0.1, 0.15) is 0 Å². The van der Waals surface area contributed by atoms with Gasteiger partial charge in [-0.3, -0.25) is 4.98 Å². The van der Waals surface area contributed by atoms with Gasteiger partial charge in [0.25, 0.3) is 6.43 Å². The van der Waals surface area contributed by atoms with E-state index in [-0.39, 0.29) is 0 Å². The molecule has 5 heteroatoms. The van der Waals surface area contributed by atoms with Crippen molar-refractivity contribution in [3.8, 4) is 0 Å². The number of hydrogen-bond donors (Lipinski definition) is 1. The summed E-state index contributed by atoms with van der Waals surface area (Å²) in [5, 5.41) is 2.64. The molecule has 1 unspecified atom stereocenters. The fourth-order valence-corrected chi connectivity index (χ4v) is 1.18. The maximum absolute atomic E-state index is 12.1. The second-order valence-corrected chi connectivity index (χ2v) is 3.57. The first-order valence-corrected chi connectivity index (χ1v) is 4.54. The molecule has 2 nitrogen and oxygen atoms in total. The van der Waals surface area contributed by atoms with Gasteiger partial charge in [0.15, 0.2) is 0 Å². The van der Waals surface area contributed by atoms with Crippen LogP contribution in [0.3, 0.4) is 0 Å². The molecule has 0 radical (unpaired) electrons. The highest BCUT2D eigenvalue weighted by Gasteiger charge is 2.13. The van der Waals surface area contributed by atoms with Gasteiger partial charge in [-0.1, -0.05) is 0 Å². The van der Waals surface area contributed by atoms with Crippen molar-refractivity contribution in [2.45, 2.75) is 19.4 Å². The molecule has 1 heterocycles. The van der Waals surface area contributed by atoms with Crippen LogP contribution in [0.4, 0.5) is 14.5 Å². The van der Waals surface area contributed by atoms with Crippen LogP contribution >= 0.6 is 15.9 Å². The molecule has 0 fully saturated rings. The van der Waals surface area contributed by atoms with Gasteiger partial charge in [-0.15, -0.1) is 0 Å². The fourth-order valence-electron chi connectivity index (χ4n) is 0.817. The van der Waals surface area contributed by atoms with Crippen molar-refractivity contribution in [2.24, 2.45) is 0 Å². The molecular formula is C8H9BrF2N2. The Bertz CT molecular complexity index is 281. The van der Waals surface area contributed by atoms with Gasteiger partial charge in [0.2, 0.25) is 0 Å². The number of hydrogen-bond acceptors (Lipinski definition) is 2. The third-order valence-corrected chi connectivity index (χ3v) is 1.91. The van der Waals surface area contributed by atoms with Crippen molar-refractivity contribution in [1.29, 1.82) is 0 Å². The summed E-state index contributed by atoms with van der Waals surface area (Å²) in [7, 11) is 0. The molecule has 0 aliphatic heterocycles.